The fraction of sp³-hybridized carbons (Fsp3) is 0.222. The number of rotatable bonds is 9. The number of ether oxygens (including phenoxy) is 1. The zero-order valence-corrected chi connectivity index (χ0v) is 19.3. The topological polar surface area (TPSA) is 85.2 Å². The Balaban J connectivity index is 1.30. The number of hydrogen-bond acceptors (Lipinski definition) is 4. The van der Waals surface area contributed by atoms with E-state index in [1.54, 1.807) is 19.5 Å². The fourth-order valence-electron chi connectivity index (χ4n) is 4.04. The number of fused-ring (bicyclic) bond motifs is 1. The lowest BCUT2D eigenvalue weighted by Gasteiger charge is -2.16. The minimum Gasteiger partial charge on any atom is -0.496 e. The maximum absolute atomic E-state index is 12.6. The van der Waals surface area contributed by atoms with Crippen LogP contribution in [0.3, 0.4) is 0 Å². The van der Waals surface area contributed by atoms with Gasteiger partial charge in [-0.15, -0.1) is 0 Å². The lowest BCUT2D eigenvalue weighted by atomic mass is 10.00. The predicted octanol–water partition coefficient (Wildman–Crippen LogP) is 4.49. The molecular weight excluding hydrogens is 428 g/mol. The molecule has 0 saturated heterocycles. The van der Waals surface area contributed by atoms with Crippen molar-refractivity contribution in [3.63, 3.8) is 0 Å². The van der Waals surface area contributed by atoms with Crippen LogP contribution in [0.5, 0.6) is 5.75 Å². The quantitative estimate of drug-likeness (QED) is 0.389. The summed E-state index contributed by atoms with van der Waals surface area (Å²) in [4.78, 5) is 25.0. The van der Waals surface area contributed by atoms with Gasteiger partial charge in [0.25, 0.3) is 0 Å². The van der Waals surface area contributed by atoms with Gasteiger partial charge in [-0.1, -0.05) is 60.7 Å². The van der Waals surface area contributed by atoms with Crippen molar-refractivity contribution >= 4 is 28.3 Å². The maximum atomic E-state index is 12.6. The van der Waals surface area contributed by atoms with Crippen LogP contribution in [0, 0.1) is 0 Å². The largest absolute Gasteiger partial charge is 0.496 e. The predicted molar refractivity (Wildman–Crippen MR) is 133 cm³/mol. The van der Waals surface area contributed by atoms with Crippen LogP contribution in [0.15, 0.2) is 79.1 Å². The van der Waals surface area contributed by atoms with Gasteiger partial charge in [-0.05, 0) is 41.3 Å². The Kier molecular flexibility index (Phi) is 7.22. The normalized spacial score (nSPS) is 11.7. The third-order valence-electron chi connectivity index (χ3n) is 5.70. The van der Waals surface area contributed by atoms with Gasteiger partial charge in [0.2, 0.25) is 11.8 Å². The molecule has 4 aromatic rings. The third-order valence-corrected chi connectivity index (χ3v) is 5.70. The van der Waals surface area contributed by atoms with Crippen molar-refractivity contribution in [3.05, 3.63) is 90.3 Å². The molecule has 2 N–H and O–H groups in total. The molecular formula is C27H28N4O3. The van der Waals surface area contributed by atoms with Crippen molar-refractivity contribution in [2.24, 2.45) is 0 Å². The summed E-state index contributed by atoms with van der Waals surface area (Å²) in [5.41, 5.74) is 2.60. The Morgan fingerprint density at radius 2 is 1.76 bits per heavy atom. The van der Waals surface area contributed by atoms with E-state index in [0.717, 1.165) is 27.6 Å². The summed E-state index contributed by atoms with van der Waals surface area (Å²) in [5.74, 6) is 0.490. The van der Waals surface area contributed by atoms with Gasteiger partial charge in [-0.3, -0.25) is 14.3 Å². The van der Waals surface area contributed by atoms with Crippen LogP contribution in [0.25, 0.3) is 10.8 Å². The van der Waals surface area contributed by atoms with E-state index in [0.29, 0.717) is 18.5 Å². The van der Waals surface area contributed by atoms with Crippen LogP contribution in [-0.4, -0.2) is 28.7 Å². The van der Waals surface area contributed by atoms with Gasteiger partial charge in [0.05, 0.1) is 25.0 Å². The first-order valence-corrected chi connectivity index (χ1v) is 11.2. The Morgan fingerprint density at radius 3 is 2.62 bits per heavy atom. The molecule has 0 aliphatic heterocycles. The Hall–Kier alpha value is -4.13. The molecule has 34 heavy (non-hydrogen) atoms. The molecule has 174 valence electrons. The number of amides is 2. The molecule has 1 aromatic heterocycles. The number of methoxy groups -OCH3 is 1. The molecule has 0 aliphatic carbocycles. The summed E-state index contributed by atoms with van der Waals surface area (Å²) in [7, 11) is 1.62. The number of nitrogens with one attached hydrogen (secondary N) is 2. The highest BCUT2D eigenvalue weighted by atomic mass is 16.5. The maximum Gasteiger partial charge on any atom is 0.242 e. The molecule has 4 rings (SSSR count). The third kappa shape index (κ3) is 5.61. The molecule has 0 bridgehead atoms. The van der Waals surface area contributed by atoms with E-state index in [1.807, 2.05) is 55.5 Å². The number of aryl methyl sites for hydroxylation is 1. The zero-order chi connectivity index (χ0) is 23.9. The standard InChI is InChI=1S/C27H28N4O3/c1-19(23-12-7-10-20-8-3-5-11-24(20)23)29-27(33)18-31-17-22(16-28-31)30-26(32)15-14-21-9-4-6-13-25(21)34-2/h3-13,16-17,19H,14-15,18H2,1-2H3,(H,29,33)(H,30,32). The summed E-state index contributed by atoms with van der Waals surface area (Å²) in [6.07, 6.45) is 4.08. The molecule has 0 saturated carbocycles. The van der Waals surface area contributed by atoms with Gasteiger partial charge in [-0.25, -0.2) is 0 Å². The highest BCUT2D eigenvalue weighted by Crippen LogP contribution is 2.24. The smallest absolute Gasteiger partial charge is 0.242 e. The Labute approximate surface area is 198 Å². The second-order valence-corrected chi connectivity index (χ2v) is 8.14. The number of anilines is 1. The van der Waals surface area contributed by atoms with Crippen molar-refractivity contribution in [3.8, 4) is 5.75 Å². The lowest BCUT2D eigenvalue weighted by Crippen LogP contribution is -2.30. The summed E-state index contributed by atoms with van der Waals surface area (Å²) in [6.45, 7) is 2.03. The van der Waals surface area contributed by atoms with Crippen LogP contribution in [0.1, 0.15) is 30.5 Å². The molecule has 0 radical (unpaired) electrons. The van der Waals surface area contributed by atoms with Gasteiger partial charge in [-0.2, -0.15) is 5.10 Å². The molecule has 0 aliphatic rings. The first-order chi connectivity index (χ1) is 16.5. The van der Waals surface area contributed by atoms with E-state index in [2.05, 4.69) is 33.9 Å². The van der Waals surface area contributed by atoms with Crippen molar-refractivity contribution < 1.29 is 14.3 Å². The molecule has 1 atom stereocenters. The average Bonchev–Trinajstić information content (AvgIpc) is 3.28. The van der Waals surface area contributed by atoms with Crippen LogP contribution in [0.4, 0.5) is 5.69 Å². The lowest BCUT2D eigenvalue weighted by molar-refractivity contribution is -0.122. The minimum atomic E-state index is -0.155. The molecule has 0 spiro atoms. The summed E-state index contributed by atoms with van der Waals surface area (Å²) < 4.78 is 6.84. The molecule has 7 nitrogen and oxygen atoms in total. The molecule has 1 heterocycles. The van der Waals surface area contributed by atoms with E-state index < -0.39 is 0 Å². The van der Waals surface area contributed by atoms with Crippen LogP contribution in [-0.2, 0) is 22.6 Å². The van der Waals surface area contributed by atoms with Crippen LogP contribution >= 0.6 is 0 Å². The number of hydrogen-bond donors (Lipinski definition) is 2. The van der Waals surface area contributed by atoms with E-state index in [9.17, 15) is 9.59 Å². The number of aromatic nitrogens is 2. The van der Waals surface area contributed by atoms with E-state index >= 15 is 0 Å². The van der Waals surface area contributed by atoms with Crippen LogP contribution in [0.2, 0.25) is 0 Å². The highest BCUT2D eigenvalue weighted by Gasteiger charge is 2.14. The molecule has 1 unspecified atom stereocenters. The summed E-state index contributed by atoms with van der Waals surface area (Å²) in [6, 6.07) is 21.7. The Bertz CT molecular complexity index is 1290. The number of benzene rings is 3. The first kappa shape index (κ1) is 23.0. The van der Waals surface area contributed by atoms with Gasteiger partial charge in [0.15, 0.2) is 0 Å². The monoisotopic (exact) mass is 456 g/mol. The Morgan fingerprint density at radius 1 is 1.00 bits per heavy atom. The summed E-state index contributed by atoms with van der Waals surface area (Å²) >= 11 is 0. The number of nitrogens with zero attached hydrogens (tertiary/aromatic N) is 2. The van der Waals surface area contributed by atoms with Crippen molar-refractivity contribution in [2.45, 2.75) is 32.4 Å². The van der Waals surface area contributed by atoms with Crippen LogP contribution < -0.4 is 15.4 Å². The second kappa shape index (κ2) is 10.7. The molecule has 7 heteroatoms. The number of para-hydroxylation sites is 1. The van der Waals surface area contributed by atoms with Gasteiger partial charge in [0.1, 0.15) is 12.3 Å². The second-order valence-electron chi connectivity index (χ2n) is 8.14. The molecule has 0 fully saturated rings. The SMILES string of the molecule is COc1ccccc1CCC(=O)Nc1cnn(CC(=O)NC(C)c2cccc3ccccc23)c1. The summed E-state index contributed by atoms with van der Waals surface area (Å²) in [5, 5.41) is 12.3. The minimum absolute atomic E-state index is 0.0617. The van der Waals surface area contributed by atoms with E-state index in [4.69, 9.17) is 4.74 Å². The van der Waals surface area contributed by atoms with Gasteiger partial charge >= 0.3 is 0 Å². The number of carbonyl (C=O) groups excluding carboxylic acids is 2. The van der Waals surface area contributed by atoms with Crippen molar-refractivity contribution in [1.82, 2.24) is 15.1 Å². The first-order valence-electron chi connectivity index (χ1n) is 11.2. The van der Waals surface area contributed by atoms with E-state index in [-0.39, 0.29) is 24.4 Å². The van der Waals surface area contributed by atoms with Gasteiger partial charge < -0.3 is 15.4 Å². The molecule has 3 aromatic carbocycles. The van der Waals surface area contributed by atoms with Crippen molar-refractivity contribution in [1.29, 1.82) is 0 Å². The zero-order valence-electron chi connectivity index (χ0n) is 19.3. The fourth-order valence-corrected chi connectivity index (χ4v) is 4.04. The average molecular weight is 457 g/mol. The van der Waals surface area contributed by atoms with Crippen molar-refractivity contribution in [2.75, 3.05) is 12.4 Å². The highest BCUT2D eigenvalue weighted by molar-refractivity contribution is 5.90. The number of carbonyl (C=O) groups is 2. The van der Waals surface area contributed by atoms with E-state index in [1.165, 1.54) is 4.68 Å². The van der Waals surface area contributed by atoms with Gasteiger partial charge in [0, 0.05) is 12.6 Å². The molecule has 2 amide bonds.